The highest BCUT2D eigenvalue weighted by Gasteiger charge is 2.31. The molecule has 0 aliphatic rings. The average molecular weight is 561 g/mol. The van der Waals surface area contributed by atoms with Crippen LogP contribution in [0.2, 0.25) is 0 Å². The van der Waals surface area contributed by atoms with Crippen molar-refractivity contribution >= 4 is 43.2 Å². The van der Waals surface area contributed by atoms with Crippen LogP contribution in [0.1, 0.15) is 23.6 Å². The zero-order valence-electron chi connectivity index (χ0n) is 20.4. The van der Waals surface area contributed by atoms with Crippen molar-refractivity contribution < 1.29 is 22.7 Å². The van der Waals surface area contributed by atoms with Crippen LogP contribution in [0.3, 0.4) is 0 Å². The normalized spacial score (nSPS) is 11.1. The number of nitrogens with zero attached hydrogens (tertiary/aromatic N) is 1. The molecule has 3 aromatic carbocycles. The second-order valence-corrected chi connectivity index (χ2v) is 10.8. The van der Waals surface area contributed by atoms with Gasteiger partial charge in [-0.25, -0.2) is 8.42 Å². The molecule has 0 saturated heterocycles. The SMILES string of the molecule is CCc1cc(Br)cc(C)c1NC(=O)CN(c1cccc(OC)c1)S(=O)(=O)c1cc(C)ccc1OC. The maximum atomic E-state index is 13.9. The summed E-state index contributed by atoms with van der Waals surface area (Å²) in [5.74, 6) is 0.195. The summed E-state index contributed by atoms with van der Waals surface area (Å²) in [6.45, 7) is 5.25. The van der Waals surface area contributed by atoms with E-state index in [1.165, 1.54) is 20.3 Å². The highest BCUT2D eigenvalue weighted by molar-refractivity contribution is 9.10. The fourth-order valence-corrected chi connectivity index (χ4v) is 6.04. The lowest BCUT2D eigenvalue weighted by molar-refractivity contribution is -0.114. The molecule has 0 saturated carbocycles. The molecule has 9 heteroatoms. The third kappa shape index (κ3) is 5.97. The average Bonchev–Trinajstić information content (AvgIpc) is 2.83. The van der Waals surface area contributed by atoms with Gasteiger partial charge >= 0.3 is 0 Å². The number of aryl methyl sites for hydroxylation is 3. The molecule has 0 aromatic heterocycles. The molecule has 0 heterocycles. The van der Waals surface area contributed by atoms with Crippen LogP contribution in [-0.2, 0) is 21.2 Å². The summed E-state index contributed by atoms with van der Waals surface area (Å²) in [4.78, 5) is 13.2. The van der Waals surface area contributed by atoms with Crippen molar-refractivity contribution in [3.8, 4) is 11.5 Å². The second-order valence-electron chi connectivity index (χ2n) is 8.03. The van der Waals surface area contributed by atoms with E-state index >= 15 is 0 Å². The van der Waals surface area contributed by atoms with Gasteiger partial charge in [0.15, 0.2) is 0 Å². The van der Waals surface area contributed by atoms with E-state index in [2.05, 4.69) is 21.2 Å². The number of hydrogen-bond acceptors (Lipinski definition) is 5. The molecule has 0 aliphatic carbocycles. The van der Waals surface area contributed by atoms with Crippen LogP contribution in [0.15, 0.2) is 64.0 Å². The van der Waals surface area contributed by atoms with E-state index < -0.39 is 22.5 Å². The van der Waals surface area contributed by atoms with Crippen molar-refractivity contribution in [3.63, 3.8) is 0 Å². The summed E-state index contributed by atoms with van der Waals surface area (Å²) >= 11 is 3.49. The van der Waals surface area contributed by atoms with Crippen LogP contribution in [0.5, 0.6) is 11.5 Å². The quantitative estimate of drug-likeness (QED) is 0.374. The summed E-state index contributed by atoms with van der Waals surface area (Å²) in [5.41, 5.74) is 3.54. The first-order valence-corrected chi connectivity index (χ1v) is 13.2. The number of benzene rings is 3. The van der Waals surface area contributed by atoms with E-state index in [4.69, 9.17) is 9.47 Å². The van der Waals surface area contributed by atoms with Crippen molar-refractivity contribution in [1.29, 1.82) is 0 Å². The summed E-state index contributed by atoms with van der Waals surface area (Å²) in [7, 11) is -1.27. The molecular weight excluding hydrogens is 532 g/mol. The van der Waals surface area contributed by atoms with Crippen LogP contribution in [0.25, 0.3) is 0 Å². The predicted octanol–water partition coefficient (Wildman–Crippen LogP) is 5.48. The van der Waals surface area contributed by atoms with Crippen molar-refractivity contribution in [3.05, 3.63) is 75.8 Å². The number of nitrogens with one attached hydrogen (secondary N) is 1. The Morgan fingerprint density at radius 2 is 1.77 bits per heavy atom. The first-order valence-electron chi connectivity index (χ1n) is 11.0. The summed E-state index contributed by atoms with van der Waals surface area (Å²) in [6, 6.07) is 15.3. The number of sulfonamides is 1. The largest absolute Gasteiger partial charge is 0.497 e. The minimum Gasteiger partial charge on any atom is -0.497 e. The van der Waals surface area contributed by atoms with Gasteiger partial charge in [0.1, 0.15) is 22.9 Å². The van der Waals surface area contributed by atoms with Gasteiger partial charge < -0.3 is 14.8 Å². The molecule has 0 atom stereocenters. The number of carbonyl (C=O) groups excluding carboxylic acids is 1. The number of halogens is 1. The molecule has 3 rings (SSSR count). The zero-order valence-corrected chi connectivity index (χ0v) is 22.8. The fourth-order valence-electron chi connectivity index (χ4n) is 3.76. The molecular formula is C26H29BrN2O5S. The van der Waals surface area contributed by atoms with Crippen molar-refractivity contribution in [2.24, 2.45) is 0 Å². The highest BCUT2D eigenvalue weighted by Crippen LogP contribution is 2.33. The molecule has 0 spiro atoms. The van der Waals surface area contributed by atoms with Gasteiger partial charge in [-0.2, -0.15) is 0 Å². The molecule has 0 fully saturated rings. The third-order valence-electron chi connectivity index (χ3n) is 5.54. The minimum absolute atomic E-state index is 0.0234. The molecule has 3 aromatic rings. The van der Waals surface area contributed by atoms with Crippen LogP contribution in [-0.4, -0.2) is 35.1 Å². The molecule has 0 unspecified atom stereocenters. The van der Waals surface area contributed by atoms with Gasteiger partial charge in [0, 0.05) is 16.2 Å². The zero-order chi connectivity index (χ0) is 25.8. The van der Waals surface area contributed by atoms with E-state index in [0.717, 1.165) is 25.5 Å². The van der Waals surface area contributed by atoms with Gasteiger partial charge in [-0.05, 0) is 73.4 Å². The first-order chi connectivity index (χ1) is 16.6. The Morgan fingerprint density at radius 1 is 1.03 bits per heavy atom. The Morgan fingerprint density at radius 3 is 2.43 bits per heavy atom. The highest BCUT2D eigenvalue weighted by atomic mass is 79.9. The standard InChI is InChI=1S/C26H29BrN2O5S/c1-6-19-14-20(27)13-18(3)26(19)28-25(30)16-29(21-8-7-9-22(15-21)33-4)35(31,32)24-12-17(2)10-11-23(24)34-5/h7-15H,6,16H2,1-5H3,(H,28,30). The lowest BCUT2D eigenvalue weighted by atomic mass is 10.1. The Balaban J connectivity index is 2.07. The molecule has 0 bridgehead atoms. The molecule has 0 aliphatic heterocycles. The van der Waals surface area contributed by atoms with Crippen molar-refractivity contribution in [1.82, 2.24) is 0 Å². The maximum Gasteiger partial charge on any atom is 0.268 e. The van der Waals surface area contributed by atoms with Crippen LogP contribution in [0, 0.1) is 13.8 Å². The third-order valence-corrected chi connectivity index (χ3v) is 7.80. The van der Waals surface area contributed by atoms with E-state index in [1.807, 2.05) is 26.0 Å². The van der Waals surface area contributed by atoms with Gasteiger partial charge in [0.25, 0.3) is 10.0 Å². The maximum absolute atomic E-state index is 13.9. The molecule has 35 heavy (non-hydrogen) atoms. The van der Waals surface area contributed by atoms with E-state index in [1.54, 1.807) is 43.3 Å². The van der Waals surface area contributed by atoms with Gasteiger partial charge in [0.05, 0.1) is 19.9 Å². The van der Waals surface area contributed by atoms with Crippen LogP contribution < -0.4 is 19.1 Å². The molecule has 186 valence electrons. The lowest BCUT2D eigenvalue weighted by Gasteiger charge is -2.26. The molecule has 1 N–H and O–H groups in total. The number of methoxy groups -OCH3 is 2. The molecule has 0 radical (unpaired) electrons. The first kappa shape index (κ1) is 26.6. The second kappa shape index (κ2) is 11.1. The van der Waals surface area contributed by atoms with Crippen molar-refractivity contribution in [2.45, 2.75) is 32.1 Å². The number of anilines is 2. The Labute approximate surface area is 215 Å². The Kier molecular flexibility index (Phi) is 8.45. The smallest absolute Gasteiger partial charge is 0.268 e. The van der Waals surface area contributed by atoms with Crippen LogP contribution in [0.4, 0.5) is 11.4 Å². The lowest BCUT2D eigenvalue weighted by Crippen LogP contribution is -2.38. The number of carbonyl (C=O) groups is 1. The topological polar surface area (TPSA) is 84.9 Å². The summed E-state index contributed by atoms with van der Waals surface area (Å²) in [5, 5.41) is 2.92. The van der Waals surface area contributed by atoms with Gasteiger partial charge in [-0.15, -0.1) is 0 Å². The number of rotatable bonds is 9. The number of hydrogen-bond donors (Lipinski definition) is 1. The Hall–Kier alpha value is -3.04. The summed E-state index contributed by atoms with van der Waals surface area (Å²) < 4.78 is 40.4. The van der Waals surface area contributed by atoms with E-state index in [-0.39, 0.29) is 10.6 Å². The molecule has 1 amide bonds. The van der Waals surface area contributed by atoms with E-state index in [0.29, 0.717) is 23.5 Å². The van der Waals surface area contributed by atoms with Gasteiger partial charge in [0.2, 0.25) is 5.91 Å². The van der Waals surface area contributed by atoms with Gasteiger partial charge in [-0.3, -0.25) is 9.10 Å². The monoisotopic (exact) mass is 560 g/mol. The van der Waals surface area contributed by atoms with Crippen LogP contribution >= 0.6 is 15.9 Å². The number of ether oxygens (including phenoxy) is 2. The summed E-state index contributed by atoms with van der Waals surface area (Å²) in [6.07, 6.45) is 0.703. The minimum atomic E-state index is -4.18. The molecule has 7 nitrogen and oxygen atoms in total. The Bertz CT molecular complexity index is 1340. The van der Waals surface area contributed by atoms with Gasteiger partial charge in [-0.1, -0.05) is 35.0 Å². The fraction of sp³-hybridized carbons (Fsp3) is 0.269. The van der Waals surface area contributed by atoms with E-state index in [9.17, 15) is 13.2 Å². The van der Waals surface area contributed by atoms with Crippen molar-refractivity contribution in [2.75, 3.05) is 30.4 Å². The predicted molar refractivity (Wildman–Crippen MR) is 142 cm³/mol. The number of amides is 1.